The fourth-order valence-electron chi connectivity index (χ4n) is 2.04. The van der Waals surface area contributed by atoms with E-state index in [1.165, 1.54) is 6.07 Å². The van der Waals surface area contributed by atoms with E-state index in [1.54, 1.807) is 18.2 Å². The largest absolute Gasteiger partial charge is 0.483 e. The number of para-hydroxylation sites is 1. The van der Waals surface area contributed by atoms with Crippen molar-refractivity contribution in [3.05, 3.63) is 58.1 Å². The molecule has 0 aliphatic heterocycles. The number of amides is 1. The van der Waals surface area contributed by atoms with Crippen molar-refractivity contribution in [3.8, 4) is 5.75 Å². The summed E-state index contributed by atoms with van der Waals surface area (Å²) < 4.78 is 30.2. The zero-order valence-corrected chi connectivity index (χ0v) is 15.6. The fraction of sp³-hybridized carbons (Fsp3) is 0.188. The van der Waals surface area contributed by atoms with Gasteiger partial charge in [0.25, 0.3) is 15.9 Å². The van der Waals surface area contributed by atoms with Crippen LogP contribution in [-0.4, -0.2) is 20.9 Å². The van der Waals surface area contributed by atoms with Crippen LogP contribution in [0.15, 0.2) is 51.8 Å². The minimum atomic E-state index is -3.87. The van der Waals surface area contributed by atoms with E-state index in [4.69, 9.17) is 4.74 Å². The summed E-state index contributed by atoms with van der Waals surface area (Å²) in [4.78, 5) is 13.9. The summed E-state index contributed by atoms with van der Waals surface area (Å²) in [7, 11) is -3.87. The van der Waals surface area contributed by atoms with Crippen LogP contribution in [0.4, 0.5) is 0 Å². The quantitative estimate of drug-likeness (QED) is 0.713. The molecule has 0 saturated heterocycles. The molecule has 2 N–H and O–H groups in total. The number of hydrogen-bond donors (Lipinski definition) is 2. The number of carbonyl (C=O) groups is 1. The van der Waals surface area contributed by atoms with Gasteiger partial charge in [-0.25, -0.2) is 8.42 Å². The zero-order valence-electron chi connectivity index (χ0n) is 13.2. The Labute approximate surface area is 149 Å². The molecule has 0 aliphatic carbocycles. The van der Waals surface area contributed by atoms with Crippen molar-refractivity contribution >= 4 is 31.9 Å². The smallest absolute Gasteiger partial charge is 0.272 e. The van der Waals surface area contributed by atoms with Crippen LogP contribution in [0.1, 0.15) is 11.1 Å². The number of nitrogens with one attached hydrogen (secondary N) is 2. The molecule has 6 nitrogen and oxygen atoms in total. The van der Waals surface area contributed by atoms with Crippen LogP contribution in [0.25, 0.3) is 0 Å². The third-order valence-electron chi connectivity index (χ3n) is 3.21. The molecule has 0 fully saturated rings. The van der Waals surface area contributed by atoms with Crippen LogP contribution in [0.3, 0.4) is 0 Å². The van der Waals surface area contributed by atoms with Crippen molar-refractivity contribution in [2.45, 2.75) is 18.7 Å². The average molecular weight is 413 g/mol. The van der Waals surface area contributed by atoms with Gasteiger partial charge in [-0.15, -0.1) is 4.83 Å². The Morgan fingerprint density at radius 1 is 1.08 bits per heavy atom. The van der Waals surface area contributed by atoms with Crippen molar-refractivity contribution in [2.24, 2.45) is 0 Å². The third kappa shape index (κ3) is 4.56. The molecule has 0 bridgehead atoms. The molecule has 1 amide bonds. The molecule has 0 spiro atoms. The molecular formula is C16H17BrN2O4S. The second-order valence-electron chi connectivity index (χ2n) is 5.09. The van der Waals surface area contributed by atoms with Crippen LogP contribution in [0, 0.1) is 13.8 Å². The van der Waals surface area contributed by atoms with Gasteiger partial charge in [-0.3, -0.25) is 10.2 Å². The summed E-state index contributed by atoms with van der Waals surface area (Å²) >= 11 is 3.16. The zero-order chi connectivity index (χ0) is 17.7. The molecule has 0 aliphatic rings. The van der Waals surface area contributed by atoms with Crippen molar-refractivity contribution in [1.82, 2.24) is 10.3 Å². The monoisotopic (exact) mass is 412 g/mol. The van der Waals surface area contributed by atoms with E-state index in [-0.39, 0.29) is 11.5 Å². The minimum Gasteiger partial charge on any atom is -0.483 e. The lowest BCUT2D eigenvalue weighted by atomic mass is 10.1. The Bertz CT molecular complexity index is 833. The lowest BCUT2D eigenvalue weighted by molar-refractivity contribution is -0.123. The van der Waals surface area contributed by atoms with Crippen molar-refractivity contribution in [2.75, 3.05) is 6.61 Å². The molecule has 2 aromatic carbocycles. The molecule has 24 heavy (non-hydrogen) atoms. The number of carbonyl (C=O) groups excluding carboxylic acids is 1. The van der Waals surface area contributed by atoms with E-state index < -0.39 is 15.9 Å². The predicted octanol–water partition coefficient (Wildman–Crippen LogP) is 2.45. The molecule has 0 heterocycles. The van der Waals surface area contributed by atoms with Gasteiger partial charge in [-0.05, 0) is 53.0 Å². The van der Waals surface area contributed by atoms with E-state index in [1.807, 2.05) is 36.9 Å². The Balaban J connectivity index is 1.95. The maximum absolute atomic E-state index is 12.1. The van der Waals surface area contributed by atoms with Gasteiger partial charge in [0.15, 0.2) is 6.61 Å². The second-order valence-corrected chi connectivity index (χ2v) is 7.60. The first-order chi connectivity index (χ1) is 11.3. The number of aryl methyl sites for hydroxylation is 2. The lowest BCUT2D eigenvalue weighted by Gasteiger charge is -2.13. The maximum atomic E-state index is 12.1. The number of rotatable bonds is 6. The van der Waals surface area contributed by atoms with Gasteiger partial charge in [-0.1, -0.05) is 30.3 Å². The summed E-state index contributed by atoms with van der Waals surface area (Å²) in [6.45, 7) is 3.44. The Morgan fingerprint density at radius 2 is 1.71 bits per heavy atom. The summed E-state index contributed by atoms with van der Waals surface area (Å²) in [6, 6.07) is 11.9. The summed E-state index contributed by atoms with van der Waals surface area (Å²) in [5, 5.41) is 0. The van der Waals surface area contributed by atoms with Gasteiger partial charge in [0.1, 0.15) is 5.75 Å². The van der Waals surface area contributed by atoms with Crippen LogP contribution in [0.2, 0.25) is 0 Å². The molecular weight excluding hydrogens is 396 g/mol. The van der Waals surface area contributed by atoms with E-state index in [0.717, 1.165) is 11.1 Å². The normalized spacial score (nSPS) is 11.1. The lowest BCUT2D eigenvalue weighted by Crippen LogP contribution is -2.43. The first-order valence-electron chi connectivity index (χ1n) is 7.05. The number of halogens is 1. The van der Waals surface area contributed by atoms with Crippen LogP contribution in [0.5, 0.6) is 5.75 Å². The SMILES string of the molecule is Cc1cccc(C)c1OCC(=O)NNS(=O)(=O)c1ccccc1Br. The van der Waals surface area contributed by atoms with Crippen molar-refractivity contribution in [3.63, 3.8) is 0 Å². The summed E-state index contributed by atoms with van der Waals surface area (Å²) in [6.07, 6.45) is 0. The van der Waals surface area contributed by atoms with E-state index in [9.17, 15) is 13.2 Å². The molecule has 0 atom stereocenters. The predicted molar refractivity (Wildman–Crippen MR) is 94.0 cm³/mol. The summed E-state index contributed by atoms with van der Waals surface area (Å²) in [5.74, 6) is 0.00888. The third-order valence-corrected chi connectivity index (χ3v) is 5.47. The molecule has 0 radical (unpaired) electrons. The highest BCUT2D eigenvalue weighted by atomic mass is 79.9. The van der Waals surface area contributed by atoms with Crippen molar-refractivity contribution in [1.29, 1.82) is 0 Å². The van der Waals surface area contributed by atoms with Gasteiger partial charge in [0, 0.05) is 4.47 Å². The fourth-order valence-corrected chi connectivity index (χ4v) is 3.91. The highest BCUT2D eigenvalue weighted by Gasteiger charge is 2.18. The standard InChI is InChI=1S/C16H17BrN2O4S/c1-11-6-5-7-12(2)16(11)23-10-15(20)18-19-24(21,22)14-9-4-3-8-13(14)17/h3-9,19H,10H2,1-2H3,(H,18,20). The summed E-state index contributed by atoms with van der Waals surface area (Å²) in [5.41, 5.74) is 3.93. The Morgan fingerprint density at radius 3 is 2.33 bits per heavy atom. The first kappa shape index (κ1) is 18.4. The first-order valence-corrected chi connectivity index (χ1v) is 9.33. The number of sulfonamides is 1. The Hall–Kier alpha value is -1.90. The van der Waals surface area contributed by atoms with E-state index in [0.29, 0.717) is 10.2 Å². The van der Waals surface area contributed by atoms with E-state index in [2.05, 4.69) is 21.4 Å². The van der Waals surface area contributed by atoms with E-state index >= 15 is 0 Å². The number of ether oxygens (including phenoxy) is 1. The Kier molecular flexibility index (Phi) is 5.98. The maximum Gasteiger partial charge on any atom is 0.272 e. The number of hydrogen-bond acceptors (Lipinski definition) is 4. The highest BCUT2D eigenvalue weighted by molar-refractivity contribution is 9.10. The molecule has 8 heteroatoms. The average Bonchev–Trinajstić information content (AvgIpc) is 2.53. The van der Waals surface area contributed by atoms with Crippen LogP contribution < -0.4 is 15.0 Å². The van der Waals surface area contributed by atoms with Crippen LogP contribution >= 0.6 is 15.9 Å². The molecule has 2 rings (SSSR count). The van der Waals surface area contributed by atoms with Crippen molar-refractivity contribution < 1.29 is 17.9 Å². The molecule has 128 valence electrons. The number of benzene rings is 2. The van der Waals surface area contributed by atoms with Crippen LogP contribution in [-0.2, 0) is 14.8 Å². The molecule has 0 unspecified atom stereocenters. The minimum absolute atomic E-state index is 0.0287. The topological polar surface area (TPSA) is 84.5 Å². The van der Waals surface area contributed by atoms with Gasteiger partial charge in [-0.2, -0.15) is 0 Å². The molecule has 2 aromatic rings. The second kappa shape index (κ2) is 7.78. The van der Waals surface area contributed by atoms with Gasteiger partial charge in [0.05, 0.1) is 4.90 Å². The van der Waals surface area contributed by atoms with Gasteiger partial charge >= 0.3 is 0 Å². The number of hydrazine groups is 1. The molecule has 0 saturated carbocycles. The molecule has 0 aromatic heterocycles. The van der Waals surface area contributed by atoms with Gasteiger partial charge in [0.2, 0.25) is 0 Å². The van der Waals surface area contributed by atoms with Gasteiger partial charge < -0.3 is 4.74 Å². The highest BCUT2D eigenvalue weighted by Crippen LogP contribution is 2.22.